The summed E-state index contributed by atoms with van der Waals surface area (Å²) >= 11 is 0. The molecule has 166 valence electrons. The normalized spacial score (nSPS) is 11.0. The van der Waals surface area contributed by atoms with Crippen molar-refractivity contribution in [3.05, 3.63) is 66.2 Å². The van der Waals surface area contributed by atoms with E-state index in [0.29, 0.717) is 17.1 Å². The lowest BCUT2D eigenvalue weighted by molar-refractivity contribution is -0.136. The molecule has 0 aliphatic rings. The number of anilines is 1. The second-order valence-electron chi connectivity index (χ2n) is 6.42. The van der Waals surface area contributed by atoms with Crippen LogP contribution in [-0.4, -0.2) is 44.3 Å². The van der Waals surface area contributed by atoms with Gasteiger partial charge in [0.05, 0.1) is 18.3 Å². The zero-order valence-electron chi connectivity index (χ0n) is 16.5. The van der Waals surface area contributed by atoms with Crippen LogP contribution in [0.2, 0.25) is 0 Å². The highest BCUT2D eigenvalue weighted by molar-refractivity contribution is 5.95. The van der Waals surface area contributed by atoms with E-state index in [-0.39, 0.29) is 43.6 Å². The van der Waals surface area contributed by atoms with Gasteiger partial charge in [-0.05, 0) is 36.2 Å². The van der Waals surface area contributed by atoms with Crippen molar-refractivity contribution in [1.82, 2.24) is 20.1 Å². The molecule has 3 N–H and O–H groups in total. The number of aromatic nitrogens is 3. The molecule has 8 nitrogen and oxygen atoms in total. The summed E-state index contributed by atoms with van der Waals surface area (Å²) in [5, 5.41) is 18.8. The van der Waals surface area contributed by atoms with Crippen LogP contribution < -0.4 is 10.6 Å². The smallest absolute Gasteiger partial charge is 0.317 e. The maximum Gasteiger partial charge on any atom is 0.317 e. The van der Waals surface area contributed by atoms with E-state index in [4.69, 9.17) is 5.11 Å². The van der Waals surface area contributed by atoms with Gasteiger partial charge in [0.1, 0.15) is 11.6 Å². The first-order valence-corrected chi connectivity index (χ1v) is 8.87. The summed E-state index contributed by atoms with van der Waals surface area (Å²) in [5.74, 6) is -1.42. The van der Waals surface area contributed by atoms with Crippen molar-refractivity contribution in [2.24, 2.45) is 7.05 Å². The average Bonchev–Trinajstić information content (AvgIpc) is 3.07. The quantitative estimate of drug-likeness (QED) is 0.467. The third-order valence-electron chi connectivity index (χ3n) is 4.28. The number of hydrogen-bond donors (Lipinski definition) is 3. The van der Waals surface area contributed by atoms with E-state index in [2.05, 4.69) is 20.7 Å². The molecular weight excluding hydrogens is 448 g/mol. The highest BCUT2D eigenvalue weighted by Crippen LogP contribution is 2.20. The first-order chi connectivity index (χ1) is 13.9. The summed E-state index contributed by atoms with van der Waals surface area (Å²) in [5.41, 5.74) is 2.22. The Morgan fingerprint density at radius 1 is 1.13 bits per heavy atom. The molecule has 0 bridgehead atoms. The molecule has 0 aliphatic carbocycles. The van der Waals surface area contributed by atoms with Crippen molar-refractivity contribution < 1.29 is 19.1 Å². The van der Waals surface area contributed by atoms with Crippen LogP contribution in [0.15, 0.2) is 54.9 Å². The second kappa shape index (κ2) is 12.0. The number of rotatable bonds is 8. The van der Waals surface area contributed by atoms with E-state index >= 15 is 0 Å². The Labute approximate surface area is 190 Å². The topological polar surface area (TPSA) is 109 Å². The summed E-state index contributed by atoms with van der Waals surface area (Å²) in [6, 6.07) is 10.2. The molecule has 31 heavy (non-hydrogen) atoms. The first kappa shape index (κ1) is 26.0. The molecule has 11 heteroatoms. The van der Waals surface area contributed by atoms with Crippen LogP contribution in [0.3, 0.4) is 0 Å². The molecule has 2 heterocycles. The minimum Gasteiger partial charge on any atom is -0.480 e. The Morgan fingerprint density at radius 2 is 1.77 bits per heavy atom. The zero-order valence-corrected chi connectivity index (χ0v) is 18.1. The molecule has 0 spiro atoms. The summed E-state index contributed by atoms with van der Waals surface area (Å²) in [6.45, 7) is -0.382. The molecule has 0 saturated heterocycles. The number of halogens is 3. The van der Waals surface area contributed by atoms with Crippen LogP contribution in [0.4, 0.5) is 10.2 Å². The Bertz CT molecular complexity index is 1000. The van der Waals surface area contributed by atoms with Gasteiger partial charge in [0.2, 0.25) is 5.91 Å². The van der Waals surface area contributed by atoms with Crippen LogP contribution in [0.25, 0.3) is 11.3 Å². The molecule has 0 aliphatic heterocycles. The Hall–Kier alpha value is -3.01. The number of carboxylic acids is 1. The average molecular weight is 470 g/mol. The maximum absolute atomic E-state index is 13.1. The monoisotopic (exact) mass is 469 g/mol. The van der Waals surface area contributed by atoms with E-state index < -0.39 is 17.9 Å². The fourth-order valence-electron chi connectivity index (χ4n) is 2.79. The molecule has 3 aromatic rings. The van der Waals surface area contributed by atoms with Crippen molar-refractivity contribution >= 4 is 42.5 Å². The van der Waals surface area contributed by atoms with Crippen molar-refractivity contribution in [3.63, 3.8) is 0 Å². The van der Waals surface area contributed by atoms with Gasteiger partial charge in [0.15, 0.2) is 0 Å². The maximum atomic E-state index is 13.1. The molecule has 0 fully saturated rings. The number of hydrogen-bond acceptors (Lipinski definition) is 5. The van der Waals surface area contributed by atoms with E-state index in [1.165, 1.54) is 16.8 Å². The highest BCUT2D eigenvalue weighted by Gasteiger charge is 2.21. The number of carbonyl (C=O) groups excluding carboxylic acids is 1. The molecule has 3 rings (SSSR count). The van der Waals surface area contributed by atoms with Crippen molar-refractivity contribution in [1.29, 1.82) is 0 Å². The van der Waals surface area contributed by atoms with E-state index in [1.54, 1.807) is 49.8 Å². The number of carbonyl (C=O) groups is 2. The lowest BCUT2D eigenvalue weighted by Crippen LogP contribution is -2.44. The molecule has 1 atom stereocenters. The minimum atomic E-state index is -1.08. The lowest BCUT2D eigenvalue weighted by Gasteiger charge is -2.17. The fourth-order valence-corrected chi connectivity index (χ4v) is 2.79. The van der Waals surface area contributed by atoms with Gasteiger partial charge in [0.25, 0.3) is 0 Å². The Balaban J connectivity index is 0.00000240. The number of nitrogens with zero attached hydrogens (tertiary/aromatic N) is 3. The van der Waals surface area contributed by atoms with Crippen LogP contribution in [-0.2, 0) is 23.1 Å². The van der Waals surface area contributed by atoms with Crippen LogP contribution in [0, 0.1) is 5.82 Å². The van der Waals surface area contributed by atoms with Gasteiger partial charge in [-0.2, -0.15) is 5.10 Å². The number of pyridine rings is 1. The third-order valence-corrected chi connectivity index (χ3v) is 4.28. The van der Waals surface area contributed by atoms with Gasteiger partial charge in [0, 0.05) is 31.1 Å². The van der Waals surface area contributed by atoms with Crippen molar-refractivity contribution in [2.45, 2.75) is 12.5 Å². The van der Waals surface area contributed by atoms with Crippen LogP contribution in [0.5, 0.6) is 0 Å². The molecule has 1 aromatic carbocycles. The number of nitrogens with one attached hydrogen (secondary N) is 2. The van der Waals surface area contributed by atoms with Crippen LogP contribution in [0.1, 0.15) is 5.56 Å². The van der Waals surface area contributed by atoms with Crippen LogP contribution >= 0.6 is 24.8 Å². The molecule has 0 saturated carbocycles. The molecule has 1 unspecified atom stereocenters. The van der Waals surface area contributed by atoms with Gasteiger partial charge < -0.3 is 10.4 Å². The summed E-state index contributed by atoms with van der Waals surface area (Å²) in [6.07, 6.45) is 3.50. The number of aryl methyl sites for hydroxylation is 1. The van der Waals surface area contributed by atoms with Crippen molar-refractivity contribution in [2.75, 3.05) is 11.9 Å². The summed E-state index contributed by atoms with van der Waals surface area (Å²) in [7, 11) is 1.69. The zero-order chi connectivity index (χ0) is 20.8. The Morgan fingerprint density at radius 3 is 2.39 bits per heavy atom. The molecule has 1 amide bonds. The van der Waals surface area contributed by atoms with Gasteiger partial charge in [-0.1, -0.05) is 12.1 Å². The van der Waals surface area contributed by atoms with E-state index in [1.807, 2.05) is 0 Å². The highest BCUT2D eigenvalue weighted by atomic mass is 35.5. The first-order valence-electron chi connectivity index (χ1n) is 8.87. The van der Waals surface area contributed by atoms with Gasteiger partial charge in [-0.25, -0.2) is 4.39 Å². The number of aliphatic carboxylic acids is 1. The standard InChI is InChI=1S/C20H20FN5O3.2ClH/c1-26-18(11-16(25-26)14-6-8-22-9-7-14)24-20(29)17(23-12-19(27)28)10-13-2-4-15(21)5-3-13;;/h2-9,11,17,23H,10,12H2,1H3,(H,24,29)(H,27,28);2*1H. The van der Waals surface area contributed by atoms with Crippen molar-refractivity contribution in [3.8, 4) is 11.3 Å². The molecule has 2 aromatic heterocycles. The third kappa shape index (κ3) is 7.32. The van der Waals surface area contributed by atoms with E-state index in [9.17, 15) is 14.0 Å². The largest absolute Gasteiger partial charge is 0.480 e. The SMILES string of the molecule is Cl.Cl.Cn1nc(-c2ccncc2)cc1NC(=O)C(Cc1ccc(F)cc1)NCC(=O)O. The lowest BCUT2D eigenvalue weighted by atomic mass is 10.1. The second-order valence-corrected chi connectivity index (χ2v) is 6.42. The van der Waals surface area contributed by atoms with Gasteiger partial charge >= 0.3 is 5.97 Å². The predicted octanol–water partition coefficient (Wildman–Crippen LogP) is 2.69. The fraction of sp³-hybridized carbons (Fsp3) is 0.200. The molecule has 0 radical (unpaired) electrons. The Kier molecular flexibility index (Phi) is 10.1. The minimum absolute atomic E-state index is 0. The predicted molar refractivity (Wildman–Crippen MR) is 119 cm³/mol. The summed E-state index contributed by atoms with van der Waals surface area (Å²) < 4.78 is 14.7. The number of carboxylic acid groups (broad SMARTS) is 1. The van der Waals surface area contributed by atoms with E-state index in [0.717, 1.165) is 5.56 Å². The molecular formula is C20H22Cl2FN5O3. The number of amides is 1. The summed E-state index contributed by atoms with van der Waals surface area (Å²) in [4.78, 5) is 27.7. The van der Waals surface area contributed by atoms with Gasteiger partial charge in [-0.3, -0.25) is 24.6 Å². The number of benzene rings is 1. The van der Waals surface area contributed by atoms with Gasteiger partial charge in [-0.15, -0.1) is 24.8 Å².